The molecule has 0 fully saturated rings. The molecular formula is C25H23FN2. The van der Waals surface area contributed by atoms with E-state index in [0.29, 0.717) is 5.56 Å². The number of aryl methyl sites for hydroxylation is 4. The second kappa shape index (κ2) is 7.08. The van der Waals surface area contributed by atoms with E-state index in [1.54, 1.807) is 12.3 Å². The summed E-state index contributed by atoms with van der Waals surface area (Å²) in [6.45, 7) is 8.22. The van der Waals surface area contributed by atoms with Crippen molar-refractivity contribution in [2.45, 2.75) is 27.7 Å². The van der Waals surface area contributed by atoms with Crippen LogP contribution < -0.4 is 0 Å². The minimum atomic E-state index is -0.217. The van der Waals surface area contributed by atoms with Crippen LogP contribution in [0, 0.1) is 33.5 Å². The maximum Gasteiger partial charge on any atom is 0.144 e. The van der Waals surface area contributed by atoms with Crippen LogP contribution in [0.5, 0.6) is 0 Å². The van der Waals surface area contributed by atoms with Crippen molar-refractivity contribution < 1.29 is 4.39 Å². The standard InChI is InChI=1S/C25H23FN2/c1-16-8-11-23(19(4)14-16)28-13-12-27-25(28)20-9-10-22(26)21(15-20)24-17(2)6-5-7-18(24)3/h5-15H,1-4H3. The highest BCUT2D eigenvalue weighted by molar-refractivity contribution is 5.76. The van der Waals surface area contributed by atoms with Gasteiger partial charge in [-0.2, -0.15) is 0 Å². The number of hydrogen-bond acceptors (Lipinski definition) is 1. The van der Waals surface area contributed by atoms with Crippen LogP contribution in [0.2, 0.25) is 0 Å². The first-order chi connectivity index (χ1) is 13.5. The summed E-state index contributed by atoms with van der Waals surface area (Å²) in [6, 6.07) is 17.6. The van der Waals surface area contributed by atoms with Gasteiger partial charge in [-0.25, -0.2) is 9.37 Å². The highest BCUT2D eigenvalue weighted by Crippen LogP contribution is 2.33. The van der Waals surface area contributed by atoms with Crippen LogP contribution >= 0.6 is 0 Å². The van der Waals surface area contributed by atoms with E-state index in [4.69, 9.17) is 0 Å². The molecule has 0 atom stereocenters. The van der Waals surface area contributed by atoms with Crippen molar-refractivity contribution in [3.05, 3.63) is 95.1 Å². The minimum absolute atomic E-state index is 0.217. The summed E-state index contributed by atoms with van der Waals surface area (Å²) in [7, 11) is 0. The quantitative estimate of drug-likeness (QED) is 0.398. The monoisotopic (exact) mass is 370 g/mol. The molecule has 0 unspecified atom stereocenters. The molecule has 2 nitrogen and oxygen atoms in total. The molecule has 4 rings (SSSR count). The number of benzene rings is 3. The lowest BCUT2D eigenvalue weighted by atomic mass is 9.94. The lowest BCUT2D eigenvalue weighted by Crippen LogP contribution is -2.00. The lowest BCUT2D eigenvalue weighted by molar-refractivity contribution is 0.631. The van der Waals surface area contributed by atoms with Gasteiger partial charge in [0.2, 0.25) is 0 Å². The van der Waals surface area contributed by atoms with E-state index in [1.807, 2.05) is 44.3 Å². The predicted octanol–water partition coefficient (Wildman–Crippen LogP) is 6.58. The average Bonchev–Trinajstić information content (AvgIpc) is 3.12. The summed E-state index contributed by atoms with van der Waals surface area (Å²) in [5, 5.41) is 0. The first-order valence-corrected chi connectivity index (χ1v) is 9.43. The van der Waals surface area contributed by atoms with Gasteiger partial charge in [0.25, 0.3) is 0 Å². The van der Waals surface area contributed by atoms with Gasteiger partial charge in [0.1, 0.15) is 11.6 Å². The highest BCUT2D eigenvalue weighted by Gasteiger charge is 2.15. The number of rotatable bonds is 3. The molecule has 0 spiro atoms. The van der Waals surface area contributed by atoms with Gasteiger partial charge in [0, 0.05) is 29.2 Å². The molecule has 0 amide bonds. The van der Waals surface area contributed by atoms with E-state index in [9.17, 15) is 4.39 Å². The molecular weight excluding hydrogens is 347 g/mol. The fraction of sp³-hybridized carbons (Fsp3) is 0.160. The molecule has 0 aliphatic rings. The normalized spacial score (nSPS) is 11.0. The van der Waals surface area contributed by atoms with Gasteiger partial charge in [-0.1, -0.05) is 35.9 Å². The fourth-order valence-electron chi connectivity index (χ4n) is 3.88. The second-order valence-corrected chi connectivity index (χ2v) is 7.37. The zero-order valence-corrected chi connectivity index (χ0v) is 16.6. The predicted molar refractivity (Wildman–Crippen MR) is 113 cm³/mol. The van der Waals surface area contributed by atoms with Crippen LogP contribution in [0.4, 0.5) is 4.39 Å². The van der Waals surface area contributed by atoms with E-state index < -0.39 is 0 Å². The Morgan fingerprint density at radius 2 is 1.57 bits per heavy atom. The number of aromatic nitrogens is 2. The molecule has 0 aliphatic heterocycles. The molecule has 3 aromatic carbocycles. The Bertz CT molecular complexity index is 1150. The van der Waals surface area contributed by atoms with E-state index in [0.717, 1.165) is 33.8 Å². The van der Waals surface area contributed by atoms with Crippen molar-refractivity contribution >= 4 is 0 Å². The Labute approximate surface area is 165 Å². The zero-order valence-electron chi connectivity index (χ0n) is 16.6. The minimum Gasteiger partial charge on any atom is -0.300 e. The summed E-state index contributed by atoms with van der Waals surface area (Å²) in [4.78, 5) is 4.58. The van der Waals surface area contributed by atoms with E-state index in [1.165, 1.54) is 17.2 Å². The number of hydrogen-bond donors (Lipinski definition) is 0. The molecule has 0 saturated carbocycles. The topological polar surface area (TPSA) is 17.8 Å². The second-order valence-electron chi connectivity index (χ2n) is 7.37. The van der Waals surface area contributed by atoms with Crippen LogP contribution in [0.25, 0.3) is 28.2 Å². The first kappa shape index (κ1) is 18.2. The molecule has 0 radical (unpaired) electrons. The Morgan fingerprint density at radius 3 is 2.29 bits per heavy atom. The Morgan fingerprint density at radius 1 is 0.821 bits per heavy atom. The van der Waals surface area contributed by atoms with Gasteiger partial charge in [0.15, 0.2) is 0 Å². The van der Waals surface area contributed by atoms with Crippen LogP contribution in [-0.2, 0) is 0 Å². The molecule has 4 aromatic rings. The van der Waals surface area contributed by atoms with Crippen LogP contribution in [0.3, 0.4) is 0 Å². The highest BCUT2D eigenvalue weighted by atomic mass is 19.1. The lowest BCUT2D eigenvalue weighted by Gasteiger charge is -2.14. The van der Waals surface area contributed by atoms with Crippen molar-refractivity contribution in [1.29, 1.82) is 0 Å². The number of halogens is 1. The van der Waals surface area contributed by atoms with Gasteiger partial charge in [-0.05, 0) is 74.2 Å². The third-order valence-corrected chi connectivity index (χ3v) is 5.23. The van der Waals surface area contributed by atoms with Gasteiger partial charge in [-0.3, -0.25) is 4.57 Å². The molecule has 140 valence electrons. The smallest absolute Gasteiger partial charge is 0.144 e. The molecule has 0 saturated heterocycles. The van der Waals surface area contributed by atoms with Crippen molar-refractivity contribution in [3.8, 4) is 28.2 Å². The summed E-state index contributed by atoms with van der Waals surface area (Å²) < 4.78 is 16.8. The van der Waals surface area contributed by atoms with Crippen LogP contribution in [0.15, 0.2) is 67.0 Å². The van der Waals surface area contributed by atoms with Gasteiger partial charge < -0.3 is 0 Å². The van der Waals surface area contributed by atoms with Crippen LogP contribution in [-0.4, -0.2) is 9.55 Å². The van der Waals surface area contributed by atoms with E-state index >= 15 is 0 Å². The maximum atomic E-state index is 14.8. The molecule has 3 heteroatoms. The van der Waals surface area contributed by atoms with Crippen molar-refractivity contribution in [2.75, 3.05) is 0 Å². The summed E-state index contributed by atoms with van der Waals surface area (Å²) in [5.74, 6) is 0.588. The molecule has 28 heavy (non-hydrogen) atoms. The van der Waals surface area contributed by atoms with Crippen molar-refractivity contribution in [3.63, 3.8) is 0 Å². The molecule has 0 bridgehead atoms. The van der Waals surface area contributed by atoms with E-state index in [2.05, 4.69) is 41.6 Å². The summed E-state index contributed by atoms with van der Waals surface area (Å²) >= 11 is 0. The number of imidazole rings is 1. The molecule has 1 aromatic heterocycles. The molecule has 0 N–H and O–H groups in total. The largest absolute Gasteiger partial charge is 0.300 e. The third-order valence-electron chi connectivity index (χ3n) is 5.23. The molecule has 1 heterocycles. The maximum absolute atomic E-state index is 14.8. The van der Waals surface area contributed by atoms with Gasteiger partial charge >= 0.3 is 0 Å². The van der Waals surface area contributed by atoms with Gasteiger partial charge in [0.05, 0.1) is 0 Å². The Kier molecular flexibility index (Phi) is 4.60. The van der Waals surface area contributed by atoms with Gasteiger partial charge in [-0.15, -0.1) is 0 Å². The fourth-order valence-corrected chi connectivity index (χ4v) is 3.88. The third kappa shape index (κ3) is 3.13. The van der Waals surface area contributed by atoms with Crippen LogP contribution in [0.1, 0.15) is 22.3 Å². The molecule has 0 aliphatic carbocycles. The van der Waals surface area contributed by atoms with Crippen molar-refractivity contribution in [1.82, 2.24) is 9.55 Å². The average molecular weight is 370 g/mol. The Balaban J connectivity index is 1.88. The zero-order chi connectivity index (χ0) is 19.8. The van der Waals surface area contributed by atoms with Crippen molar-refractivity contribution in [2.24, 2.45) is 0 Å². The summed E-state index contributed by atoms with van der Waals surface area (Å²) in [5.41, 5.74) is 8.07. The van der Waals surface area contributed by atoms with E-state index in [-0.39, 0.29) is 5.82 Å². The number of nitrogens with zero attached hydrogens (tertiary/aromatic N) is 2. The first-order valence-electron chi connectivity index (χ1n) is 9.43. The summed E-state index contributed by atoms with van der Waals surface area (Å²) in [6.07, 6.45) is 3.74. The SMILES string of the molecule is Cc1ccc(-n2ccnc2-c2ccc(F)c(-c3c(C)cccc3C)c2)c(C)c1. The Hall–Kier alpha value is -3.20.